The van der Waals surface area contributed by atoms with Gasteiger partial charge >= 0.3 is 11.0 Å². The molecule has 7 nitrogen and oxygen atoms in total. The average Bonchev–Trinajstić information content (AvgIpc) is 3.00. The zero-order valence-electron chi connectivity index (χ0n) is 12.7. The zero-order valence-corrected chi connectivity index (χ0v) is 13.5. The van der Waals surface area contributed by atoms with Crippen LogP contribution in [0.5, 0.6) is 0 Å². The highest BCUT2D eigenvalue weighted by molar-refractivity contribution is 7.16. The van der Waals surface area contributed by atoms with Crippen LogP contribution in [0, 0.1) is 17.0 Å². The van der Waals surface area contributed by atoms with Crippen molar-refractivity contribution in [3.05, 3.63) is 63.0 Å². The van der Waals surface area contributed by atoms with Gasteiger partial charge in [0.1, 0.15) is 0 Å². The number of thiophene rings is 1. The van der Waals surface area contributed by atoms with Crippen molar-refractivity contribution < 1.29 is 19.2 Å². The van der Waals surface area contributed by atoms with Gasteiger partial charge in [-0.3, -0.25) is 14.9 Å². The molecule has 0 aliphatic rings. The monoisotopic (exact) mass is 346 g/mol. The predicted octanol–water partition coefficient (Wildman–Crippen LogP) is 3.16. The summed E-state index contributed by atoms with van der Waals surface area (Å²) < 4.78 is 4.82. The molecule has 2 rings (SSSR count). The maximum absolute atomic E-state index is 11.7. The standard InChI is InChI=1S/C16H14N2O5S/c1-11-3-2-4-12(9-11)17-14(19)10-23-16(20)8-6-13-5-7-15(24-13)18(21)22/h2-9H,10H2,1H3,(H,17,19)/b8-6+. The lowest BCUT2D eigenvalue weighted by atomic mass is 10.2. The van der Waals surface area contributed by atoms with E-state index in [9.17, 15) is 19.7 Å². The maximum Gasteiger partial charge on any atom is 0.331 e. The first-order valence-electron chi connectivity index (χ1n) is 6.89. The summed E-state index contributed by atoms with van der Waals surface area (Å²) in [7, 11) is 0. The molecule has 1 aromatic carbocycles. The molecule has 0 spiro atoms. The van der Waals surface area contributed by atoms with E-state index in [2.05, 4.69) is 5.32 Å². The molecule has 1 amide bonds. The quantitative estimate of drug-likeness (QED) is 0.375. The van der Waals surface area contributed by atoms with Crippen LogP contribution in [0.15, 0.2) is 42.5 Å². The summed E-state index contributed by atoms with van der Waals surface area (Å²) in [5.74, 6) is -1.15. The van der Waals surface area contributed by atoms with E-state index < -0.39 is 23.4 Å². The molecular formula is C16H14N2O5S. The lowest BCUT2D eigenvalue weighted by Crippen LogP contribution is -2.20. The number of anilines is 1. The molecule has 1 aromatic heterocycles. The number of aryl methyl sites for hydroxylation is 1. The highest BCUT2D eigenvalue weighted by Crippen LogP contribution is 2.24. The van der Waals surface area contributed by atoms with E-state index in [1.54, 1.807) is 18.2 Å². The van der Waals surface area contributed by atoms with Crippen LogP contribution in [0.3, 0.4) is 0 Å². The number of carbonyl (C=O) groups excluding carboxylic acids is 2. The molecular weight excluding hydrogens is 332 g/mol. The average molecular weight is 346 g/mol. The summed E-state index contributed by atoms with van der Waals surface area (Å²) in [4.78, 5) is 33.8. The summed E-state index contributed by atoms with van der Waals surface area (Å²) in [6.45, 7) is 1.48. The molecule has 0 saturated carbocycles. The van der Waals surface area contributed by atoms with E-state index in [0.717, 1.165) is 23.0 Å². The van der Waals surface area contributed by atoms with Gasteiger partial charge in [-0.2, -0.15) is 0 Å². The summed E-state index contributed by atoms with van der Waals surface area (Å²) in [5, 5.41) is 13.2. The molecule has 0 aliphatic heterocycles. The number of esters is 1. The lowest BCUT2D eigenvalue weighted by molar-refractivity contribution is -0.380. The second-order valence-electron chi connectivity index (χ2n) is 4.79. The van der Waals surface area contributed by atoms with Gasteiger partial charge in [0.15, 0.2) is 6.61 Å². The summed E-state index contributed by atoms with van der Waals surface area (Å²) in [5.41, 5.74) is 1.62. The molecule has 0 fully saturated rings. The number of benzene rings is 1. The van der Waals surface area contributed by atoms with Gasteiger partial charge in [0.2, 0.25) is 0 Å². The molecule has 0 aliphatic carbocycles. The minimum absolute atomic E-state index is 0.0134. The maximum atomic E-state index is 11.7. The van der Waals surface area contributed by atoms with Crippen LogP contribution in [0.1, 0.15) is 10.4 Å². The first kappa shape index (κ1) is 17.4. The van der Waals surface area contributed by atoms with Crippen molar-refractivity contribution >= 4 is 40.0 Å². The number of hydrogen-bond donors (Lipinski definition) is 1. The Morgan fingerprint density at radius 2 is 2.12 bits per heavy atom. The Morgan fingerprint density at radius 1 is 1.33 bits per heavy atom. The van der Waals surface area contributed by atoms with Gasteiger partial charge < -0.3 is 10.1 Å². The fraction of sp³-hybridized carbons (Fsp3) is 0.125. The second kappa shape index (κ2) is 8.02. The lowest BCUT2D eigenvalue weighted by Gasteiger charge is -2.05. The van der Waals surface area contributed by atoms with Crippen molar-refractivity contribution in [2.24, 2.45) is 0 Å². The van der Waals surface area contributed by atoms with Crippen LogP contribution in [-0.4, -0.2) is 23.4 Å². The number of nitrogens with one attached hydrogen (secondary N) is 1. The third-order valence-electron chi connectivity index (χ3n) is 2.82. The minimum atomic E-state index is -0.703. The number of rotatable bonds is 6. The number of hydrogen-bond acceptors (Lipinski definition) is 6. The van der Waals surface area contributed by atoms with Crippen molar-refractivity contribution in [2.45, 2.75) is 6.92 Å². The Hall–Kier alpha value is -3.00. The smallest absolute Gasteiger partial charge is 0.331 e. The van der Waals surface area contributed by atoms with Gasteiger partial charge in [-0.1, -0.05) is 23.5 Å². The molecule has 0 saturated heterocycles. The molecule has 24 heavy (non-hydrogen) atoms. The van der Waals surface area contributed by atoms with Gasteiger partial charge in [0.05, 0.1) is 4.92 Å². The normalized spacial score (nSPS) is 10.5. The Bertz CT molecular complexity index is 797. The first-order valence-corrected chi connectivity index (χ1v) is 7.71. The van der Waals surface area contributed by atoms with Crippen molar-refractivity contribution in [3.63, 3.8) is 0 Å². The van der Waals surface area contributed by atoms with Crippen molar-refractivity contribution in [2.75, 3.05) is 11.9 Å². The van der Waals surface area contributed by atoms with Crippen molar-refractivity contribution in [1.82, 2.24) is 0 Å². The molecule has 0 radical (unpaired) electrons. The minimum Gasteiger partial charge on any atom is -0.452 e. The molecule has 124 valence electrons. The first-order chi connectivity index (χ1) is 11.4. The van der Waals surface area contributed by atoms with Crippen LogP contribution in [0.4, 0.5) is 10.7 Å². The van der Waals surface area contributed by atoms with E-state index in [4.69, 9.17) is 4.74 Å². The predicted molar refractivity (Wildman–Crippen MR) is 90.8 cm³/mol. The number of nitro groups is 1. The molecule has 0 atom stereocenters. The van der Waals surface area contributed by atoms with E-state index in [-0.39, 0.29) is 5.00 Å². The molecule has 0 bridgehead atoms. The van der Waals surface area contributed by atoms with E-state index >= 15 is 0 Å². The third-order valence-corrected chi connectivity index (χ3v) is 3.83. The summed E-state index contributed by atoms with van der Waals surface area (Å²) in [6.07, 6.45) is 2.52. The number of nitrogens with zero attached hydrogens (tertiary/aromatic N) is 1. The number of carbonyl (C=O) groups is 2. The summed E-state index contributed by atoms with van der Waals surface area (Å²) >= 11 is 0.938. The van der Waals surface area contributed by atoms with Gasteiger partial charge in [-0.15, -0.1) is 0 Å². The van der Waals surface area contributed by atoms with Crippen molar-refractivity contribution in [3.8, 4) is 0 Å². The Morgan fingerprint density at radius 3 is 2.79 bits per heavy atom. The van der Waals surface area contributed by atoms with Crippen LogP contribution < -0.4 is 5.32 Å². The second-order valence-corrected chi connectivity index (χ2v) is 5.89. The molecule has 2 aromatic rings. The molecule has 0 unspecified atom stereocenters. The highest BCUT2D eigenvalue weighted by atomic mass is 32.1. The Labute approximate surface area is 141 Å². The molecule has 1 heterocycles. The molecule has 1 N–H and O–H groups in total. The van der Waals surface area contributed by atoms with E-state index in [1.807, 2.05) is 13.0 Å². The van der Waals surface area contributed by atoms with Crippen molar-refractivity contribution in [1.29, 1.82) is 0 Å². The van der Waals surface area contributed by atoms with Crippen LogP contribution in [0.25, 0.3) is 6.08 Å². The van der Waals surface area contributed by atoms with Gasteiger partial charge in [-0.05, 0) is 36.8 Å². The van der Waals surface area contributed by atoms with Gasteiger partial charge in [0.25, 0.3) is 5.91 Å². The van der Waals surface area contributed by atoms with Crippen LogP contribution in [0.2, 0.25) is 0 Å². The highest BCUT2D eigenvalue weighted by Gasteiger charge is 2.09. The van der Waals surface area contributed by atoms with E-state index in [1.165, 1.54) is 18.2 Å². The summed E-state index contributed by atoms with van der Waals surface area (Å²) in [6, 6.07) is 10.1. The van der Waals surface area contributed by atoms with Crippen LogP contribution in [-0.2, 0) is 14.3 Å². The number of amides is 1. The van der Waals surface area contributed by atoms with Gasteiger partial charge in [0, 0.05) is 22.7 Å². The van der Waals surface area contributed by atoms with Gasteiger partial charge in [-0.25, -0.2) is 4.79 Å². The number of ether oxygens (including phenoxy) is 1. The SMILES string of the molecule is Cc1cccc(NC(=O)COC(=O)/C=C/c2ccc([N+](=O)[O-])s2)c1. The largest absolute Gasteiger partial charge is 0.452 e. The Kier molecular flexibility index (Phi) is 5.80. The fourth-order valence-corrected chi connectivity index (χ4v) is 2.51. The third kappa shape index (κ3) is 5.33. The molecule has 8 heteroatoms. The Balaban J connectivity index is 1.80. The zero-order chi connectivity index (χ0) is 17.5. The fourth-order valence-electron chi connectivity index (χ4n) is 1.78. The van der Waals surface area contributed by atoms with E-state index in [0.29, 0.717) is 10.6 Å². The topological polar surface area (TPSA) is 98.5 Å². The van der Waals surface area contributed by atoms with Crippen LogP contribution >= 0.6 is 11.3 Å².